The predicted octanol–water partition coefficient (Wildman–Crippen LogP) is 4.81. The lowest BCUT2D eigenvalue weighted by Gasteiger charge is -2.03. The fraction of sp³-hybridized carbons (Fsp3) is 0. The van der Waals surface area contributed by atoms with Crippen molar-refractivity contribution in [1.82, 2.24) is 4.98 Å². The van der Waals surface area contributed by atoms with E-state index in [9.17, 15) is 20.5 Å². The maximum absolute atomic E-state index is 11.0. The average molecular weight is 358 g/mol. The third-order valence-corrected chi connectivity index (χ3v) is 4.65. The third-order valence-electron chi connectivity index (χ3n) is 3.27. The van der Waals surface area contributed by atoms with E-state index in [-0.39, 0.29) is 27.6 Å². The molecule has 24 heavy (non-hydrogen) atoms. The molecule has 0 aliphatic rings. The number of aliphatic hydroxyl groups excluding tert-OH is 1. The van der Waals surface area contributed by atoms with Crippen LogP contribution in [0.25, 0.3) is 21.5 Å². The summed E-state index contributed by atoms with van der Waals surface area (Å²) in [7, 11) is 0. The number of nitro groups is 1. The van der Waals surface area contributed by atoms with Gasteiger partial charge in [-0.2, -0.15) is 5.26 Å². The standard InChI is InChI=1S/C16H8ClN3O3S/c17-11-6-5-9(7-13(11)20(22)23)15(21)10(8-18)16-19-12-3-1-2-4-14(12)24-16/h1-7,21H/b15-10+. The van der Waals surface area contributed by atoms with Gasteiger partial charge >= 0.3 is 0 Å². The van der Waals surface area contributed by atoms with Gasteiger partial charge in [0.05, 0.1) is 15.1 Å². The van der Waals surface area contributed by atoms with Gasteiger partial charge in [-0.1, -0.05) is 23.7 Å². The van der Waals surface area contributed by atoms with Gasteiger partial charge in [-0.05, 0) is 24.3 Å². The predicted molar refractivity (Wildman–Crippen MR) is 92.8 cm³/mol. The molecule has 2 aromatic carbocycles. The lowest BCUT2D eigenvalue weighted by molar-refractivity contribution is -0.384. The normalized spacial score (nSPS) is 11.8. The van der Waals surface area contributed by atoms with Crippen LogP contribution in [0.5, 0.6) is 0 Å². The largest absolute Gasteiger partial charge is 0.506 e. The Kier molecular flexibility index (Phi) is 4.16. The monoisotopic (exact) mass is 357 g/mol. The van der Waals surface area contributed by atoms with Crippen LogP contribution in [0.3, 0.4) is 0 Å². The molecule has 118 valence electrons. The summed E-state index contributed by atoms with van der Waals surface area (Å²) in [6.45, 7) is 0. The smallest absolute Gasteiger partial charge is 0.288 e. The topological polar surface area (TPSA) is 100 Å². The summed E-state index contributed by atoms with van der Waals surface area (Å²) in [6, 6.07) is 13.1. The molecule has 3 aromatic rings. The van der Waals surface area contributed by atoms with Gasteiger partial charge in [0.15, 0.2) is 0 Å². The van der Waals surface area contributed by atoms with Crippen molar-refractivity contribution in [2.24, 2.45) is 0 Å². The molecule has 0 bridgehead atoms. The summed E-state index contributed by atoms with van der Waals surface area (Å²) in [5, 5.41) is 31.1. The fourth-order valence-corrected chi connectivity index (χ4v) is 3.27. The van der Waals surface area contributed by atoms with Crippen LogP contribution in [0.15, 0.2) is 42.5 Å². The lowest BCUT2D eigenvalue weighted by atomic mass is 10.1. The van der Waals surface area contributed by atoms with Crippen molar-refractivity contribution in [3.05, 3.63) is 68.2 Å². The summed E-state index contributed by atoms with van der Waals surface area (Å²) in [5.41, 5.74) is 0.442. The van der Waals surface area contributed by atoms with Crippen LogP contribution >= 0.6 is 22.9 Å². The van der Waals surface area contributed by atoms with Crippen molar-refractivity contribution in [3.63, 3.8) is 0 Å². The van der Waals surface area contributed by atoms with E-state index in [4.69, 9.17) is 11.6 Å². The number of hydrogen-bond acceptors (Lipinski definition) is 6. The Morgan fingerprint density at radius 2 is 2.08 bits per heavy atom. The van der Waals surface area contributed by atoms with Gasteiger partial charge < -0.3 is 5.11 Å². The van der Waals surface area contributed by atoms with Gasteiger partial charge in [-0.3, -0.25) is 10.1 Å². The van der Waals surface area contributed by atoms with Crippen molar-refractivity contribution in [3.8, 4) is 6.07 Å². The van der Waals surface area contributed by atoms with Crippen molar-refractivity contribution < 1.29 is 10.0 Å². The Hall–Kier alpha value is -2.95. The Labute approximate surface area is 145 Å². The Balaban J connectivity index is 2.16. The highest BCUT2D eigenvalue weighted by Crippen LogP contribution is 2.33. The molecule has 1 N–H and O–H groups in total. The number of allylic oxidation sites excluding steroid dienone is 1. The number of para-hydroxylation sites is 1. The molecule has 1 heterocycles. The first-order valence-electron chi connectivity index (χ1n) is 6.65. The van der Waals surface area contributed by atoms with Crippen molar-refractivity contribution in [1.29, 1.82) is 5.26 Å². The quantitative estimate of drug-likeness (QED) is 0.314. The maximum Gasteiger partial charge on any atom is 0.288 e. The lowest BCUT2D eigenvalue weighted by Crippen LogP contribution is -1.94. The van der Waals surface area contributed by atoms with Crippen LogP contribution in [0.4, 0.5) is 5.69 Å². The molecule has 0 atom stereocenters. The van der Waals surface area contributed by atoms with Gasteiger partial charge in [0.1, 0.15) is 27.4 Å². The average Bonchev–Trinajstić information content (AvgIpc) is 2.99. The molecule has 0 radical (unpaired) electrons. The van der Waals surface area contributed by atoms with Crippen LogP contribution in [0, 0.1) is 21.4 Å². The zero-order valence-electron chi connectivity index (χ0n) is 11.9. The number of hydrogen-bond donors (Lipinski definition) is 1. The Morgan fingerprint density at radius 3 is 2.75 bits per heavy atom. The molecule has 0 amide bonds. The van der Waals surface area contributed by atoms with E-state index < -0.39 is 4.92 Å². The SMILES string of the molecule is N#C/C(=C(\O)c1ccc(Cl)c([N+](=O)[O-])c1)c1nc2ccccc2s1. The maximum atomic E-state index is 11.0. The van der Waals surface area contributed by atoms with Crippen LogP contribution in [0.1, 0.15) is 10.6 Å². The minimum atomic E-state index is -0.650. The number of rotatable bonds is 3. The number of fused-ring (bicyclic) bond motifs is 1. The Morgan fingerprint density at radius 1 is 1.33 bits per heavy atom. The highest BCUT2D eigenvalue weighted by atomic mass is 35.5. The molecule has 0 unspecified atom stereocenters. The van der Waals surface area contributed by atoms with E-state index in [1.807, 2.05) is 24.3 Å². The minimum Gasteiger partial charge on any atom is -0.506 e. The molecule has 1 aromatic heterocycles. The summed E-state index contributed by atoms with van der Waals surface area (Å²) >= 11 is 7.02. The van der Waals surface area contributed by atoms with E-state index in [0.29, 0.717) is 10.5 Å². The first-order chi connectivity index (χ1) is 11.5. The zero-order valence-corrected chi connectivity index (χ0v) is 13.5. The molecule has 0 saturated carbocycles. The number of thiazole rings is 1. The second kappa shape index (κ2) is 6.28. The van der Waals surface area contributed by atoms with Gasteiger partial charge in [-0.25, -0.2) is 4.98 Å². The summed E-state index contributed by atoms with van der Waals surface area (Å²) < 4.78 is 0.870. The molecular weight excluding hydrogens is 350 g/mol. The second-order valence-electron chi connectivity index (χ2n) is 4.75. The molecular formula is C16H8ClN3O3S. The van der Waals surface area contributed by atoms with E-state index in [2.05, 4.69) is 4.98 Å². The number of halogens is 1. The van der Waals surface area contributed by atoms with Crippen LogP contribution in [0.2, 0.25) is 5.02 Å². The molecule has 0 aliphatic heterocycles. The molecule has 0 fully saturated rings. The van der Waals surface area contributed by atoms with Crippen molar-refractivity contribution >= 4 is 50.2 Å². The number of benzene rings is 2. The molecule has 0 spiro atoms. The number of nitriles is 1. The van der Waals surface area contributed by atoms with E-state index in [1.165, 1.54) is 23.5 Å². The Bertz CT molecular complexity index is 1000. The van der Waals surface area contributed by atoms with Gasteiger partial charge in [0.2, 0.25) is 0 Å². The number of nitro benzene ring substituents is 1. The molecule has 0 aliphatic carbocycles. The first kappa shape index (κ1) is 15.9. The van der Waals surface area contributed by atoms with Gasteiger partial charge in [0.25, 0.3) is 5.69 Å². The summed E-state index contributed by atoms with van der Waals surface area (Å²) in [4.78, 5) is 14.6. The zero-order chi connectivity index (χ0) is 17.3. The van der Waals surface area contributed by atoms with Crippen LogP contribution < -0.4 is 0 Å². The van der Waals surface area contributed by atoms with Gasteiger partial charge in [-0.15, -0.1) is 11.3 Å². The van der Waals surface area contributed by atoms with Crippen LogP contribution in [-0.4, -0.2) is 15.0 Å². The third kappa shape index (κ3) is 2.80. The summed E-state index contributed by atoms with van der Waals surface area (Å²) in [6.07, 6.45) is 0. The molecule has 6 nitrogen and oxygen atoms in total. The highest BCUT2D eigenvalue weighted by molar-refractivity contribution is 7.19. The highest BCUT2D eigenvalue weighted by Gasteiger charge is 2.19. The van der Waals surface area contributed by atoms with Crippen molar-refractivity contribution in [2.75, 3.05) is 0 Å². The molecule has 8 heteroatoms. The van der Waals surface area contributed by atoms with E-state index in [0.717, 1.165) is 10.8 Å². The number of aliphatic hydroxyl groups is 1. The van der Waals surface area contributed by atoms with Gasteiger partial charge in [0, 0.05) is 11.6 Å². The minimum absolute atomic E-state index is 0.0463. The number of nitrogens with zero attached hydrogens (tertiary/aromatic N) is 3. The van der Waals surface area contributed by atoms with E-state index >= 15 is 0 Å². The number of aromatic nitrogens is 1. The first-order valence-corrected chi connectivity index (χ1v) is 7.84. The second-order valence-corrected chi connectivity index (χ2v) is 6.18. The van der Waals surface area contributed by atoms with E-state index in [1.54, 1.807) is 6.07 Å². The molecule has 3 rings (SSSR count). The van der Waals surface area contributed by atoms with Crippen LogP contribution in [-0.2, 0) is 0 Å². The molecule has 0 saturated heterocycles. The summed E-state index contributed by atoms with van der Waals surface area (Å²) in [5.74, 6) is -0.378. The fourth-order valence-electron chi connectivity index (χ4n) is 2.13. The van der Waals surface area contributed by atoms with Crippen molar-refractivity contribution in [2.45, 2.75) is 0 Å².